The minimum Gasteiger partial charge on any atom is -0.343 e. The van der Waals surface area contributed by atoms with Crippen LogP contribution in [0.3, 0.4) is 0 Å². The molecule has 51 heavy (non-hydrogen) atoms. The lowest BCUT2D eigenvalue weighted by molar-refractivity contribution is -0.137. The molecule has 0 spiro atoms. The summed E-state index contributed by atoms with van der Waals surface area (Å²) in [6.45, 7) is 10.4. The van der Waals surface area contributed by atoms with Gasteiger partial charge in [0, 0.05) is 59.3 Å². The number of nitrogens with zero attached hydrogens (tertiary/aromatic N) is 3. The van der Waals surface area contributed by atoms with Gasteiger partial charge in [0.25, 0.3) is 0 Å². The Kier molecular flexibility index (Phi) is 7.19. The van der Waals surface area contributed by atoms with Gasteiger partial charge in [0.2, 0.25) is 0 Å². The summed E-state index contributed by atoms with van der Waals surface area (Å²) < 4.78 is 43.8. The summed E-state index contributed by atoms with van der Waals surface area (Å²) in [5.74, 6) is 1.25. The zero-order valence-electron chi connectivity index (χ0n) is 29.4. The number of Topliss-reactive ketones (excluding diaryl/α,β-unsaturated/α-hetero) is 2. The summed E-state index contributed by atoms with van der Waals surface area (Å²) >= 11 is 0. The summed E-state index contributed by atoms with van der Waals surface area (Å²) in [6.07, 6.45) is 1.47. The predicted octanol–water partition coefficient (Wildman–Crippen LogP) is 8.44. The summed E-state index contributed by atoms with van der Waals surface area (Å²) in [5.41, 5.74) is 2.31. The number of hydrogen-bond donors (Lipinski definition) is 3. The lowest BCUT2D eigenvalue weighted by atomic mass is 9.60. The van der Waals surface area contributed by atoms with Crippen LogP contribution in [0.25, 0.3) is 0 Å². The number of anilines is 2. The van der Waals surface area contributed by atoms with E-state index in [0.29, 0.717) is 54.0 Å². The second-order valence-corrected chi connectivity index (χ2v) is 16.1. The molecule has 0 amide bonds. The third-order valence-corrected chi connectivity index (χ3v) is 11.6. The molecule has 264 valence electrons. The average molecular weight is 695 g/mol. The van der Waals surface area contributed by atoms with Crippen LogP contribution in [-0.4, -0.2) is 31.5 Å². The zero-order valence-corrected chi connectivity index (χ0v) is 29.4. The van der Waals surface area contributed by atoms with Crippen LogP contribution in [-0.2, 0) is 33.1 Å². The summed E-state index contributed by atoms with van der Waals surface area (Å²) in [6, 6.07) is 15.4. The number of allylic oxidation sites excluding steroid dienone is 4. The third-order valence-electron chi connectivity index (χ3n) is 11.6. The fraction of sp³-hybridized carbons (Fsp3) is 0.400. The van der Waals surface area contributed by atoms with Crippen molar-refractivity contribution < 1.29 is 22.8 Å². The van der Waals surface area contributed by atoms with E-state index in [1.54, 1.807) is 10.7 Å². The molecule has 0 saturated carbocycles. The molecule has 2 aliphatic carbocycles. The number of hydrogen-bond acceptors (Lipinski definition) is 6. The molecule has 2 aromatic heterocycles. The molecule has 1 unspecified atom stereocenters. The molecule has 2 aromatic carbocycles. The molecule has 4 aliphatic rings. The maximum Gasteiger partial charge on any atom is 0.416 e. The molecule has 8 nitrogen and oxygen atoms in total. The summed E-state index contributed by atoms with van der Waals surface area (Å²) in [4.78, 5) is 28.4. The topological polar surface area (TPSA) is 105 Å². The van der Waals surface area contributed by atoms with Crippen LogP contribution in [0.4, 0.5) is 24.8 Å². The highest BCUT2D eigenvalue weighted by Gasteiger charge is 2.52. The number of H-pyrrole nitrogens is 1. The van der Waals surface area contributed by atoms with E-state index in [4.69, 9.17) is 5.10 Å². The smallest absolute Gasteiger partial charge is 0.343 e. The van der Waals surface area contributed by atoms with Gasteiger partial charge < -0.3 is 10.6 Å². The van der Waals surface area contributed by atoms with Gasteiger partial charge in [0.15, 0.2) is 17.4 Å². The quantitative estimate of drug-likeness (QED) is 0.194. The van der Waals surface area contributed by atoms with Crippen LogP contribution >= 0.6 is 0 Å². The first-order valence-corrected chi connectivity index (χ1v) is 17.5. The molecular weight excluding hydrogens is 653 g/mol. The third kappa shape index (κ3) is 5.02. The van der Waals surface area contributed by atoms with Crippen LogP contribution in [0.15, 0.2) is 89.5 Å². The molecule has 4 heterocycles. The predicted molar refractivity (Wildman–Crippen MR) is 188 cm³/mol. The number of halogens is 3. The van der Waals surface area contributed by atoms with E-state index in [2.05, 4.69) is 46.8 Å². The van der Waals surface area contributed by atoms with Crippen molar-refractivity contribution in [3.63, 3.8) is 0 Å². The van der Waals surface area contributed by atoms with E-state index >= 15 is 0 Å². The second-order valence-electron chi connectivity index (χ2n) is 16.1. The molecule has 3 N–H and O–H groups in total. The van der Waals surface area contributed by atoms with Crippen LogP contribution in [0.2, 0.25) is 0 Å². The number of nitrogens with one attached hydrogen (secondary N) is 3. The molecule has 4 aromatic rings. The normalized spacial score (nSPS) is 26.9. The molecule has 0 fully saturated rings. The van der Waals surface area contributed by atoms with Crippen LogP contribution in [0.5, 0.6) is 0 Å². The Bertz CT molecular complexity index is 2180. The number of carbonyl (C=O) groups is 2. The largest absolute Gasteiger partial charge is 0.416 e. The van der Waals surface area contributed by atoms with Gasteiger partial charge in [-0.05, 0) is 54.2 Å². The van der Waals surface area contributed by atoms with E-state index in [0.717, 1.165) is 40.3 Å². The molecular formula is C40H41F3N6O2. The zero-order chi connectivity index (χ0) is 36.1. The Labute approximate surface area is 294 Å². The van der Waals surface area contributed by atoms with E-state index < -0.39 is 28.0 Å². The average Bonchev–Trinajstić information content (AvgIpc) is 3.70. The Morgan fingerprint density at radius 3 is 2.25 bits per heavy atom. The monoisotopic (exact) mass is 694 g/mol. The fourth-order valence-electron chi connectivity index (χ4n) is 9.46. The van der Waals surface area contributed by atoms with Gasteiger partial charge in [-0.1, -0.05) is 76.2 Å². The second kappa shape index (κ2) is 11.0. The molecule has 3 atom stereocenters. The number of carbonyl (C=O) groups excluding carboxylic acids is 2. The van der Waals surface area contributed by atoms with Gasteiger partial charge in [-0.15, -0.1) is 0 Å². The van der Waals surface area contributed by atoms with Crippen LogP contribution in [0.1, 0.15) is 94.5 Å². The molecule has 0 bridgehead atoms. The molecule has 11 heteroatoms. The number of aromatic amines is 1. The number of alkyl halides is 3. The highest BCUT2D eigenvalue weighted by Crippen LogP contribution is 2.56. The lowest BCUT2D eigenvalue weighted by Gasteiger charge is -2.45. The lowest BCUT2D eigenvalue weighted by Crippen LogP contribution is -2.44. The van der Waals surface area contributed by atoms with Crippen molar-refractivity contribution in [1.29, 1.82) is 0 Å². The van der Waals surface area contributed by atoms with Gasteiger partial charge >= 0.3 is 6.18 Å². The van der Waals surface area contributed by atoms with Gasteiger partial charge in [-0.25, -0.2) is 0 Å². The maximum absolute atomic E-state index is 14.5. The molecule has 0 radical (unpaired) electrons. The number of benzene rings is 2. The fourth-order valence-corrected chi connectivity index (χ4v) is 9.46. The van der Waals surface area contributed by atoms with Crippen molar-refractivity contribution in [2.45, 2.75) is 90.3 Å². The minimum absolute atomic E-state index is 0.0533. The van der Waals surface area contributed by atoms with Crippen molar-refractivity contribution in [2.24, 2.45) is 10.8 Å². The van der Waals surface area contributed by atoms with Crippen molar-refractivity contribution >= 4 is 23.2 Å². The SMILES string of the molecule is CC[C@@]1(c2ccccc2)C2=C(CC(C)(Cn3cc4c(n3)NC3=C(C(=O)CC(C)(C)C3)[C@]4(C)c3cccc(C(F)(F)F)c3)CC2=O)Nc2[nH]ncc21. The van der Waals surface area contributed by atoms with Crippen LogP contribution < -0.4 is 10.6 Å². The Morgan fingerprint density at radius 1 is 0.824 bits per heavy atom. The standard InChI is InChI=1S/C40H41F3N6O2/c1-6-39(23-11-8-7-9-12-23)26-20-44-47-34(26)45-29-17-37(4,19-31(51)33(29)39)22-49-21-27-35(48-49)46-28-16-36(2,3)18-30(50)32(28)38(27,5)24-13-10-14-25(15-24)40(41,42)43/h7-15,20-21H,6,16-19,22H2,1-5H3,(H,46,48)(H2,44,45,47)/t37?,38-,39+/m1/s1. The molecule has 0 saturated heterocycles. The number of fused-ring (bicyclic) bond motifs is 2. The first-order chi connectivity index (χ1) is 24.1. The number of aromatic nitrogens is 4. The van der Waals surface area contributed by atoms with Crippen molar-refractivity contribution in [3.05, 3.63) is 117 Å². The van der Waals surface area contributed by atoms with Crippen molar-refractivity contribution in [1.82, 2.24) is 20.0 Å². The van der Waals surface area contributed by atoms with Crippen molar-refractivity contribution in [2.75, 3.05) is 10.6 Å². The number of ketones is 2. The Hall–Kier alpha value is -4.93. The minimum atomic E-state index is -4.54. The Morgan fingerprint density at radius 2 is 1.53 bits per heavy atom. The van der Waals surface area contributed by atoms with E-state index in [1.165, 1.54) is 6.07 Å². The highest BCUT2D eigenvalue weighted by molar-refractivity contribution is 6.03. The van der Waals surface area contributed by atoms with Gasteiger partial charge in [-0.2, -0.15) is 23.4 Å². The molecule has 2 aliphatic heterocycles. The Balaban J connectivity index is 1.20. The summed E-state index contributed by atoms with van der Waals surface area (Å²) in [5, 5.41) is 19.4. The van der Waals surface area contributed by atoms with E-state index in [-0.39, 0.29) is 29.8 Å². The van der Waals surface area contributed by atoms with Gasteiger partial charge in [-0.3, -0.25) is 19.4 Å². The summed E-state index contributed by atoms with van der Waals surface area (Å²) in [7, 11) is 0. The van der Waals surface area contributed by atoms with Crippen molar-refractivity contribution in [3.8, 4) is 0 Å². The maximum atomic E-state index is 14.5. The van der Waals surface area contributed by atoms with Gasteiger partial charge in [0.1, 0.15) is 5.82 Å². The number of rotatable bonds is 5. The highest BCUT2D eigenvalue weighted by atomic mass is 19.4. The van der Waals surface area contributed by atoms with Crippen LogP contribution in [0, 0.1) is 10.8 Å². The van der Waals surface area contributed by atoms with E-state index in [1.807, 2.05) is 51.4 Å². The first kappa shape index (κ1) is 33.2. The molecule has 8 rings (SSSR count). The first-order valence-electron chi connectivity index (χ1n) is 17.5. The van der Waals surface area contributed by atoms with E-state index in [9.17, 15) is 22.8 Å². The van der Waals surface area contributed by atoms with Gasteiger partial charge in [0.05, 0.1) is 22.6 Å².